The van der Waals surface area contributed by atoms with E-state index < -0.39 is 7.82 Å². The quantitative estimate of drug-likeness (QED) is 0.0691. The molecule has 0 aliphatic carbocycles. The molecule has 5 nitrogen and oxygen atoms in total. The monoisotopic (exact) mass is 547 g/mol. The van der Waals surface area contributed by atoms with Gasteiger partial charge in [-0.05, 0) is 38.8 Å². The third kappa shape index (κ3) is 28.9. The number of rotatable bonds is 31. The first kappa shape index (κ1) is 37.1. The van der Waals surface area contributed by atoms with E-state index in [4.69, 9.17) is 9.05 Å². The molecule has 0 fully saturated rings. The third-order valence-electron chi connectivity index (χ3n) is 7.28. The van der Waals surface area contributed by atoms with Crippen LogP contribution in [0.5, 0.6) is 0 Å². The van der Waals surface area contributed by atoms with Crippen molar-refractivity contribution in [2.24, 2.45) is 0 Å². The molecular weight excluding hydrogens is 481 g/mol. The first-order valence-electron chi connectivity index (χ1n) is 16.4. The smallest absolute Gasteiger partial charge is 0.303 e. The summed E-state index contributed by atoms with van der Waals surface area (Å²) in [4.78, 5) is 12.5. The van der Waals surface area contributed by atoms with Crippen molar-refractivity contribution in [2.75, 3.05) is 32.8 Å². The number of unbranched alkanes of at least 4 members (excludes halogenated alkanes) is 19. The van der Waals surface area contributed by atoms with Crippen LogP contribution in [0.4, 0.5) is 0 Å². The van der Waals surface area contributed by atoms with Crippen LogP contribution in [0, 0.1) is 0 Å². The molecule has 6 heteroatoms. The molecule has 0 saturated heterocycles. The van der Waals surface area contributed by atoms with Crippen LogP contribution >= 0.6 is 7.82 Å². The van der Waals surface area contributed by atoms with Gasteiger partial charge in [0.1, 0.15) is 0 Å². The maximum Gasteiger partial charge on any atom is 0.472 e. The predicted molar refractivity (Wildman–Crippen MR) is 161 cm³/mol. The zero-order valence-corrected chi connectivity index (χ0v) is 26.3. The van der Waals surface area contributed by atoms with Gasteiger partial charge in [-0.25, -0.2) is 4.57 Å². The summed E-state index contributed by atoms with van der Waals surface area (Å²) in [5, 5.41) is 0. The molecular formula is C31H66NO4P. The van der Waals surface area contributed by atoms with Crippen LogP contribution in [0.2, 0.25) is 0 Å². The first-order valence-corrected chi connectivity index (χ1v) is 17.9. The zero-order valence-electron chi connectivity index (χ0n) is 25.4. The maximum atomic E-state index is 12.2. The average molecular weight is 548 g/mol. The molecule has 1 atom stereocenters. The minimum atomic E-state index is -3.92. The number of phosphoric acid groups is 1. The van der Waals surface area contributed by atoms with Crippen molar-refractivity contribution in [3.63, 3.8) is 0 Å². The van der Waals surface area contributed by atoms with Crippen molar-refractivity contribution in [3.8, 4) is 0 Å². The highest BCUT2D eigenvalue weighted by atomic mass is 31.2. The van der Waals surface area contributed by atoms with Gasteiger partial charge in [0.05, 0.1) is 13.2 Å². The van der Waals surface area contributed by atoms with Gasteiger partial charge in [-0.15, -0.1) is 0 Å². The average Bonchev–Trinajstić information content (AvgIpc) is 2.88. The van der Waals surface area contributed by atoms with E-state index in [9.17, 15) is 9.46 Å². The number of nitrogens with zero attached hydrogens (tertiary/aromatic N) is 1. The SMILES string of the molecule is CCCCCCCCCCN(CCCCCCCCCC)CCCOP(=O)(O)OCCCCCCCC. The van der Waals surface area contributed by atoms with E-state index in [-0.39, 0.29) is 6.61 Å². The first-order chi connectivity index (χ1) is 18.1. The second-order valence-corrected chi connectivity index (χ2v) is 12.5. The van der Waals surface area contributed by atoms with Crippen LogP contribution in [0.1, 0.15) is 168 Å². The molecule has 0 aliphatic heterocycles. The Kier molecular flexibility index (Phi) is 29.1. The van der Waals surface area contributed by atoms with Crippen molar-refractivity contribution in [3.05, 3.63) is 0 Å². The van der Waals surface area contributed by atoms with E-state index in [0.29, 0.717) is 6.61 Å². The lowest BCUT2D eigenvalue weighted by atomic mass is 10.1. The minimum Gasteiger partial charge on any atom is -0.303 e. The van der Waals surface area contributed by atoms with E-state index in [1.54, 1.807) is 0 Å². The van der Waals surface area contributed by atoms with Gasteiger partial charge in [0.15, 0.2) is 0 Å². The van der Waals surface area contributed by atoms with Gasteiger partial charge in [-0.3, -0.25) is 9.05 Å². The van der Waals surface area contributed by atoms with Crippen LogP contribution in [-0.4, -0.2) is 42.6 Å². The third-order valence-corrected chi connectivity index (χ3v) is 8.30. The van der Waals surface area contributed by atoms with Crippen molar-refractivity contribution in [1.29, 1.82) is 0 Å². The molecule has 0 aliphatic rings. The largest absolute Gasteiger partial charge is 0.472 e. The molecule has 0 aromatic carbocycles. The molecule has 1 N–H and O–H groups in total. The summed E-state index contributed by atoms with van der Waals surface area (Å²) in [6.07, 6.45) is 29.0. The molecule has 0 amide bonds. The van der Waals surface area contributed by atoms with E-state index in [2.05, 4.69) is 25.7 Å². The molecule has 0 radical (unpaired) electrons. The Morgan fingerprint density at radius 2 is 0.757 bits per heavy atom. The summed E-state index contributed by atoms with van der Waals surface area (Å²) in [6, 6.07) is 0. The molecule has 0 aromatic rings. The van der Waals surface area contributed by atoms with Gasteiger partial charge in [0, 0.05) is 6.54 Å². The van der Waals surface area contributed by atoms with E-state index in [1.165, 1.54) is 128 Å². The molecule has 224 valence electrons. The van der Waals surface area contributed by atoms with Crippen LogP contribution in [-0.2, 0) is 13.6 Å². The summed E-state index contributed by atoms with van der Waals surface area (Å²) in [6.45, 7) is 10.6. The molecule has 0 rings (SSSR count). The summed E-state index contributed by atoms with van der Waals surface area (Å²) in [5.74, 6) is 0. The van der Waals surface area contributed by atoms with E-state index >= 15 is 0 Å². The summed E-state index contributed by atoms with van der Waals surface area (Å²) in [7, 11) is -3.92. The second kappa shape index (κ2) is 29.1. The Labute approximate surface area is 232 Å². The summed E-state index contributed by atoms with van der Waals surface area (Å²) in [5.41, 5.74) is 0. The van der Waals surface area contributed by atoms with Gasteiger partial charge in [0.25, 0.3) is 0 Å². The van der Waals surface area contributed by atoms with Crippen molar-refractivity contribution in [1.82, 2.24) is 4.90 Å². The van der Waals surface area contributed by atoms with Crippen LogP contribution in [0.15, 0.2) is 0 Å². The second-order valence-electron chi connectivity index (χ2n) is 11.0. The fourth-order valence-electron chi connectivity index (χ4n) is 4.84. The highest BCUT2D eigenvalue weighted by Crippen LogP contribution is 2.43. The number of hydrogen-bond acceptors (Lipinski definition) is 4. The topological polar surface area (TPSA) is 59.0 Å². The molecule has 0 heterocycles. The van der Waals surface area contributed by atoms with Gasteiger partial charge in [0.2, 0.25) is 0 Å². The Balaban J connectivity index is 4.10. The Morgan fingerprint density at radius 3 is 1.16 bits per heavy atom. The van der Waals surface area contributed by atoms with Crippen LogP contribution < -0.4 is 0 Å². The lowest BCUT2D eigenvalue weighted by molar-refractivity contribution is 0.139. The Bertz CT molecular complexity index is 472. The zero-order chi connectivity index (χ0) is 27.3. The highest BCUT2D eigenvalue weighted by molar-refractivity contribution is 7.47. The summed E-state index contributed by atoms with van der Waals surface area (Å²) < 4.78 is 22.6. The normalized spacial score (nSPS) is 13.4. The predicted octanol–water partition coefficient (Wildman–Crippen LogP) is 10.5. The molecule has 0 saturated carbocycles. The maximum absolute atomic E-state index is 12.2. The molecule has 0 aromatic heterocycles. The highest BCUT2D eigenvalue weighted by Gasteiger charge is 2.20. The molecule has 0 bridgehead atoms. The fraction of sp³-hybridized carbons (Fsp3) is 1.00. The lowest BCUT2D eigenvalue weighted by Gasteiger charge is -2.22. The van der Waals surface area contributed by atoms with Crippen molar-refractivity contribution in [2.45, 2.75) is 168 Å². The standard InChI is InChI=1S/C31H66NO4P/c1-4-7-10-13-16-18-20-23-27-32(28-24-21-19-17-14-11-8-5-2)29-26-31-36-37(33,34)35-30-25-22-15-12-9-6-3/h4-31H2,1-3H3,(H,33,34). The van der Waals surface area contributed by atoms with Crippen molar-refractivity contribution < 1.29 is 18.5 Å². The van der Waals surface area contributed by atoms with Gasteiger partial charge >= 0.3 is 7.82 Å². The summed E-state index contributed by atoms with van der Waals surface area (Å²) >= 11 is 0. The van der Waals surface area contributed by atoms with E-state index in [0.717, 1.165) is 38.9 Å². The van der Waals surface area contributed by atoms with Crippen molar-refractivity contribution >= 4 is 7.82 Å². The molecule has 0 spiro atoms. The van der Waals surface area contributed by atoms with Gasteiger partial charge < -0.3 is 9.79 Å². The lowest BCUT2D eigenvalue weighted by Crippen LogP contribution is -2.28. The van der Waals surface area contributed by atoms with Crippen LogP contribution in [0.3, 0.4) is 0 Å². The number of phosphoric ester groups is 1. The number of hydrogen-bond donors (Lipinski definition) is 1. The molecule has 37 heavy (non-hydrogen) atoms. The molecule has 1 unspecified atom stereocenters. The van der Waals surface area contributed by atoms with Crippen LogP contribution in [0.25, 0.3) is 0 Å². The van der Waals surface area contributed by atoms with Gasteiger partial charge in [-0.1, -0.05) is 143 Å². The van der Waals surface area contributed by atoms with E-state index in [1.807, 2.05) is 0 Å². The Morgan fingerprint density at radius 1 is 0.459 bits per heavy atom. The minimum absolute atomic E-state index is 0.287. The Hall–Kier alpha value is 0.0700. The van der Waals surface area contributed by atoms with Gasteiger partial charge in [-0.2, -0.15) is 0 Å². The fourth-order valence-corrected chi connectivity index (χ4v) is 5.64.